The van der Waals surface area contributed by atoms with Crippen molar-refractivity contribution in [3.8, 4) is 0 Å². The minimum absolute atomic E-state index is 0.305. The molecule has 6 heteroatoms. The second-order valence-electron chi connectivity index (χ2n) is 5.30. The van der Waals surface area contributed by atoms with Crippen molar-refractivity contribution in [3.05, 3.63) is 22.4 Å². The number of aliphatic carboxylic acids is 1. The second-order valence-corrected chi connectivity index (χ2v) is 6.33. The lowest BCUT2D eigenvalue weighted by Gasteiger charge is -2.28. The predicted octanol–water partition coefficient (Wildman–Crippen LogP) is 3.05. The smallest absolute Gasteiger partial charge is 0.407 e. The van der Waals surface area contributed by atoms with E-state index in [1.54, 1.807) is 11.3 Å². The van der Waals surface area contributed by atoms with Crippen LogP contribution in [0.1, 0.15) is 37.0 Å². The van der Waals surface area contributed by atoms with Gasteiger partial charge < -0.3 is 15.2 Å². The van der Waals surface area contributed by atoms with Crippen LogP contribution >= 0.6 is 11.3 Å². The lowest BCUT2D eigenvalue weighted by molar-refractivity contribution is -0.143. The standard InChI is InChI=1S/C15H21NO4S/c17-14(18)12-7-1-2-8-13(12)16-15(19)20-9-3-5-11-6-4-10-21-11/h4,6,10,12-13H,1-3,5,7-9H2,(H,16,19)(H,17,18)/t12-,13-/m1/s1. The summed E-state index contributed by atoms with van der Waals surface area (Å²) in [6.07, 6.45) is 4.37. The highest BCUT2D eigenvalue weighted by Gasteiger charge is 2.32. The van der Waals surface area contributed by atoms with Crippen LogP contribution in [0.5, 0.6) is 0 Å². The van der Waals surface area contributed by atoms with Gasteiger partial charge >= 0.3 is 12.1 Å². The molecular formula is C15H21NO4S. The van der Waals surface area contributed by atoms with Gasteiger partial charge in [-0.2, -0.15) is 0 Å². The van der Waals surface area contributed by atoms with Crippen LogP contribution in [0, 0.1) is 5.92 Å². The second kappa shape index (κ2) is 8.02. The van der Waals surface area contributed by atoms with Crippen LogP contribution in [0.15, 0.2) is 17.5 Å². The molecule has 0 saturated heterocycles. The number of hydrogen-bond donors (Lipinski definition) is 2. The third kappa shape index (κ3) is 5.04. The van der Waals surface area contributed by atoms with Gasteiger partial charge in [0, 0.05) is 10.9 Å². The first-order chi connectivity index (χ1) is 10.2. The van der Waals surface area contributed by atoms with Gasteiger partial charge in [-0.25, -0.2) is 4.79 Å². The fourth-order valence-corrected chi connectivity index (χ4v) is 3.41. The van der Waals surface area contributed by atoms with E-state index in [-0.39, 0.29) is 6.04 Å². The van der Waals surface area contributed by atoms with Crippen molar-refractivity contribution in [1.82, 2.24) is 5.32 Å². The number of carboxylic acids is 1. The summed E-state index contributed by atoms with van der Waals surface area (Å²) in [5, 5.41) is 13.9. The molecule has 0 radical (unpaired) electrons. The molecule has 1 fully saturated rings. The molecule has 0 bridgehead atoms. The molecule has 1 aliphatic rings. The molecule has 1 aromatic heterocycles. The maximum absolute atomic E-state index is 11.7. The SMILES string of the molecule is O=C(N[C@@H]1CCCC[C@H]1C(=O)O)OCCCc1cccs1. The van der Waals surface area contributed by atoms with Crippen molar-refractivity contribution >= 4 is 23.4 Å². The molecule has 116 valence electrons. The summed E-state index contributed by atoms with van der Waals surface area (Å²) in [6.45, 7) is 0.355. The molecule has 1 aliphatic carbocycles. The Balaban J connectivity index is 1.67. The lowest BCUT2D eigenvalue weighted by atomic mass is 9.85. The number of nitrogens with one attached hydrogen (secondary N) is 1. The fourth-order valence-electron chi connectivity index (χ4n) is 2.66. The molecular weight excluding hydrogens is 290 g/mol. The minimum atomic E-state index is -0.835. The zero-order valence-electron chi connectivity index (χ0n) is 11.9. The van der Waals surface area contributed by atoms with Gasteiger partial charge in [0.25, 0.3) is 0 Å². The Morgan fingerprint density at radius 2 is 2.19 bits per heavy atom. The topological polar surface area (TPSA) is 75.6 Å². The molecule has 0 unspecified atom stereocenters. The third-order valence-electron chi connectivity index (χ3n) is 3.77. The van der Waals surface area contributed by atoms with Crippen molar-refractivity contribution in [2.24, 2.45) is 5.92 Å². The molecule has 0 aromatic carbocycles. The average molecular weight is 311 g/mol. The summed E-state index contributed by atoms with van der Waals surface area (Å²) < 4.78 is 5.13. The van der Waals surface area contributed by atoms with Crippen LogP contribution in [-0.4, -0.2) is 29.8 Å². The van der Waals surface area contributed by atoms with Crippen molar-refractivity contribution < 1.29 is 19.4 Å². The summed E-state index contributed by atoms with van der Waals surface area (Å²) >= 11 is 1.69. The van der Waals surface area contributed by atoms with Crippen LogP contribution in [0.4, 0.5) is 4.79 Å². The van der Waals surface area contributed by atoms with Crippen LogP contribution < -0.4 is 5.32 Å². The Hall–Kier alpha value is -1.56. The van der Waals surface area contributed by atoms with Gasteiger partial charge in [-0.3, -0.25) is 4.79 Å². The van der Waals surface area contributed by atoms with Gasteiger partial charge in [0.1, 0.15) is 0 Å². The Kier molecular flexibility index (Phi) is 6.04. The molecule has 0 spiro atoms. The van der Waals surface area contributed by atoms with Gasteiger partial charge in [0.05, 0.1) is 12.5 Å². The molecule has 5 nitrogen and oxygen atoms in total. The third-order valence-corrected chi connectivity index (χ3v) is 4.70. The molecule has 2 atom stereocenters. The maximum Gasteiger partial charge on any atom is 0.407 e. The summed E-state index contributed by atoms with van der Waals surface area (Å²) in [6, 6.07) is 3.76. The number of amides is 1. The number of thiophene rings is 1. The number of alkyl carbamates (subject to hydrolysis) is 1. The zero-order valence-corrected chi connectivity index (χ0v) is 12.7. The average Bonchev–Trinajstić information content (AvgIpc) is 2.97. The molecule has 21 heavy (non-hydrogen) atoms. The van der Waals surface area contributed by atoms with E-state index < -0.39 is 18.0 Å². The molecule has 0 aliphatic heterocycles. The normalized spacial score (nSPS) is 21.7. The van der Waals surface area contributed by atoms with Crippen LogP contribution in [0.25, 0.3) is 0 Å². The van der Waals surface area contributed by atoms with Crippen molar-refractivity contribution in [2.45, 2.75) is 44.6 Å². The first kappa shape index (κ1) is 15.8. The highest BCUT2D eigenvalue weighted by Crippen LogP contribution is 2.24. The first-order valence-corrected chi connectivity index (χ1v) is 8.23. The quantitative estimate of drug-likeness (QED) is 0.792. The van der Waals surface area contributed by atoms with E-state index >= 15 is 0 Å². The molecule has 1 saturated carbocycles. The van der Waals surface area contributed by atoms with Crippen molar-refractivity contribution in [1.29, 1.82) is 0 Å². The molecule has 1 amide bonds. The molecule has 2 N–H and O–H groups in total. The first-order valence-electron chi connectivity index (χ1n) is 7.35. The number of aryl methyl sites for hydroxylation is 1. The van der Waals surface area contributed by atoms with Gasteiger partial charge in [-0.1, -0.05) is 18.9 Å². The van der Waals surface area contributed by atoms with E-state index in [1.807, 2.05) is 11.4 Å². The highest BCUT2D eigenvalue weighted by molar-refractivity contribution is 7.09. The largest absolute Gasteiger partial charge is 0.481 e. The van der Waals surface area contributed by atoms with Crippen LogP contribution in [0.3, 0.4) is 0 Å². The molecule has 1 heterocycles. The Morgan fingerprint density at radius 1 is 1.38 bits per heavy atom. The number of carboxylic acid groups (broad SMARTS) is 1. The van der Waals surface area contributed by atoms with E-state index in [1.165, 1.54) is 4.88 Å². The Morgan fingerprint density at radius 3 is 2.90 bits per heavy atom. The minimum Gasteiger partial charge on any atom is -0.481 e. The van der Waals surface area contributed by atoms with Crippen LogP contribution in [-0.2, 0) is 16.0 Å². The lowest BCUT2D eigenvalue weighted by Crippen LogP contribution is -2.45. The Bertz CT molecular complexity index is 460. The summed E-state index contributed by atoms with van der Waals surface area (Å²) in [7, 11) is 0. The molecule has 2 rings (SSSR count). The number of carbonyl (C=O) groups is 2. The maximum atomic E-state index is 11.7. The monoisotopic (exact) mass is 311 g/mol. The van der Waals surface area contributed by atoms with Crippen molar-refractivity contribution in [2.75, 3.05) is 6.61 Å². The summed E-state index contributed by atoms with van der Waals surface area (Å²) in [5.41, 5.74) is 0. The van der Waals surface area contributed by atoms with E-state index in [2.05, 4.69) is 11.4 Å². The highest BCUT2D eigenvalue weighted by atomic mass is 32.1. The van der Waals surface area contributed by atoms with E-state index in [0.717, 1.165) is 25.7 Å². The predicted molar refractivity (Wildman–Crippen MR) is 80.5 cm³/mol. The number of hydrogen-bond acceptors (Lipinski definition) is 4. The zero-order chi connectivity index (χ0) is 15.1. The summed E-state index contributed by atoms with van der Waals surface area (Å²) in [5.74, 6) is -1.32. The van der Waals surface area contributed by atoms with Gasteiger partial charge in [0.15, 0.2) is 0 Å². The van der Waals surface area contributed by atoms with Crippen molar-refractivity contribution in [3.63, 3.8) is 0 Å². The van der Waals surface area contributed by atoms with E-state index in [9.17, 15) is 9.59 Å². The van der Waals surface area contributed by atoms with Gasteiger partial charge in [-0.05, 0) is 37.1 Å². The number of ether oxygens (including phenoxy) is 1. The fraction of sp³-hybridized carbons (Fsp3) is 0.600. The molecule has 1 aromatic rings. The van der Waals surface area contributed by atoms with Gasteiger partial charge in [0.2, 0.25) is 0 Å². The van der Waals surface area contributed by atoms with E-state index in [4.69, 9.17) is 9.84 Å². The van der Waals surface area contributed by atoms with Gasteiger partial charge in [-0.15, -0.1) is 11.3 Å². The Labute approximate surface area is 128 Å². The summed E-state index contributed by atoms with van der Waals surface area (Å²) in [4.78, 5) is 24.1. The van der Waals surface area contributed by atoms with E-state index in [0.29, 0.717) is 19.4 Å². The number of rotatable bonds is 6. The number of carbonyl (C=O) groups excluding carboxylic acids is 1. The van der Waals surface area contributed by atoms with Crippen LogP contribution in [0.2, 0.25) is 0 Å².